The lowest BCUT2D eigenvalue weighted by Gasteiger charge is -2.27. The van der Waals surface area contributed by atoms with E-state index in [0.29, 0.717) is 30.0 Å². The van der Waals surface area contributed by atoms with Crippen molar-refractivity contribution in [2.24, 2.45) is 0 Å². The van der Waals surface area contributed by atoms with Crippen LogP contribution >= 0.6 is 0 Å². The molecule has 11 heteroatoms. The van der Waals surface area contributed by atoms with E-state index >= 15 is 0 Å². The fraction of sp³-hybridized carbons (Fsp3) is 0.423. The Hall–Kier alpha value is -4.20. The van der Waals surface area contributed by atoms with Gasteiger partial charge in [-0.15, -0.1) is 0 Å². The molecular formula is C26H29FN6O4. The van der Waals surface area contributed by atoms with Crippen molar-refractivity contribution in [3.05, 3.63) is 53.4 Å². The first-order valence-electron chi connectivity index (χ1n) is 11.9. The van der Waals surface area contributed by atoms with Gasteiger partial charge in [0.15, 0.2) is 5.65 Å². The lowest BCUT2D eigenvalue weighted by Crippen LogP contribution is -2.44. The van der Waals surface area contributed by atoms with Crippen LogP contribution in [0.4, 0.5) is 15.0 Å². The predicted octanol–water partition coefficient (Wildman–Crippen LogP) is 3.96. The minimum atomic E-state index is -1.12. The molecule has 1 amide bonds. The number of rotatable bonds is 4. The van der Waals surface area contributed by atoms with E-state index in [4.69, 9.17) is 4.74 Å². The predicted molar refractivity (Wildman–Crippen MR) is 134 cm³/mol. The third kappa shape index (κ3) is 5.97. The van der Waals surface area contributed by atoms with Crippen molar-refractivity contribution in [1.29, 1.82) is 0 Å². The van der Waals surface area contributed by atoms with E-state index in [-0.39, 0.29) is 17.3 Å². The number of nitrogens with zero attached hydrogens (tertiary/aromatic N) is 5. The maximum absolute atomic E-state index is 14.3. The Kier molecular flexibility index (Phi) is 6.78. The Labute approximate surface area is 213 Å². The summed E-state index contributed by atoms with van der Waals surface area (Å²) in [5, 5.41) is 16.2. The monoisotopic (exact) mass is 508 g/mol. The number of anilines is 1. The number of carbonyl (C=O) groups excluding carboxylic acids is 1. The number of aromatic carboxylic acids is 1. The van der Waals surface area contributed by atoms with E-state index in [9.17, 15) is 19.1 Å². The molecule has 4 heterocycles. The number of hydrogen-bond acceptors (Lipinski definition) is 7. The summed E-state index contributed by atoms with van der Waals surface area (Å²) in [7, 11) is 0. The summed E-state index contributed by atoms with van der Waals surface area (Å²) in [6.45, 7) is 9.43. The average Bonchev–Trinajstić information content (AvgIpc) is 3.43. The van der Waals surface area contributed by atoms with E-state index in [1.165, 1.54) is 16.8 Å². The zero-order chi connectivity index (χ0) is 27.0. The molecule has 194 valence electrons. The van der Waals surface area contributed by atoms with Crippen LogP contribution < -0.4 is 10.2 Å². The first-order valence-corrected chi connectivity index (χ1v) is 11.9. The lowest BCUT2D eigenvalue weighted by molar-refractivity contribution is 0.0493. The fourth-order valence-electron chi connectivity index (χ4n) is 4.15. The molecule has 3 aromatic heterocycles. The van der Waals surface area contributed by atoms with Gasteiger partial charge in [0.25, 0.3) is 0 Å². The highest BCUT2D eigenvalue weighted by molar-refractivity contribution is 5.94. The fourth-order valence-corrected chi connectivity index (χ4v) is 4.15. The number of ether oxygens (including phenoxy) is 1. The highest BCUT2D eigenvalue weighted by Gasteiger charge is 2.31. The third-order valence-corrected chi connectivity index (χ3v) is 5.68. The first kappa shape index (κ1) is 25.9. The molecule has 3 aromatic rings. The van der Waals surface area contributed by atoms with Gasteiger partial charge in [0.2, 0.25) is 0 Å². The molecule has 0 spiro atoms. The second-order valence-corrected chi connectivity index (χ2v) is 10.4. The van der Waals surface area contributed by atoms with Gasteiger partial charge in [-0.25, -0.2) is 28.5 Å². The van der Waals surface area contributed by atoms with E-state index in [2.05, 4.69) is 32.2 Å². The molecule has 1 aliphatic rings. The van der Waals surface area contributed by atoms with Crippen LogP contribution in [0.3, 0.4) is 0 Å². The smallest absolute Gasteiger partial charge is 0.408 e. The minimum absolute atomic E-state index is 0.00343. The molecular weight excluding hydrogens is 479 g/mol. The number of halogens is 1. The van der Waals surface area contributed by atoms with Crippen molar-refractivity contribution < 1.29 is 23.8 Å². The molecule has 0 bridgehead atoms. The Bertz CT molecular complexity index is 1420. The summed E-state index contributed by atoms with van der Waals surface area (Å²) in [6, 6.07) is 2.88. The summed E-state index contributed by atoms with van der Waals surface area (Å²) in [5.74, 6) is 4.96. The van der Waals surface area contributed by atoms with Gasteiger partial charge in [-0.1, -0.05) is 5.92 Å². The molecule has 1 unspecified atom stereocenters. The van der Waals surface area contributed by atoms with E-state index in [1.807, 2.05) is 4.90 Å². The normalized spacial score (nSPS) is 15.8. The Morgan fingerprint density at radius 2 is 2.00 bits per heavy atom. The summed E-state index contributed by atoms with van der Waals surface area (Å²) >= 11 is 0. The zero-order valence-corrected chi connectivity index (χ0v) is 21.4. The number of pyridine rings is 1. The zero-order valence-electron chi connectivity index (χ0n) is 21.4. The van der Waals surface area contributed by atoms with Crippen LogP contribution in [0.25, 0.3) is 5.65 Å². The number of alkyl carbamates (subject to hydrolysis) is 1. The van der Waals surface area contributed by atoms with Crippen molar-refractivity contribution in [3.8, 4) is 11.8 Å². The molecule has 4 rings (SSSR count). The minimum Gasteiger partial charge on any atom is -0.477 e. The number of carboxylic acids is 1. The van der Waals surface area contributed by atoms with E-state index in [0.717, 1.165) is 12.6 Å². The average molecular weight is 509 g/mol. The van der Waals surface area contributed by atoms with Crippen molar-refractivity contribution >= 4 is 23.5 Å². The SMILES string of the molecule is CC(C)(C#Cc1ncc(F)cc1C1CCCN1c1ccn2ncc(C(=O)O)c2n1)NC(=O)OC(C)(C)C. The third-order valence-electron chi connectivity index (χ3n) is 5.68. The van der Waals surface area contributed by atoms with Crippen LogP contribution in [-0.2, 0) is 4.74 Å². The molecule has 0 radical (unpaired) electrons. The number of fused-ring (bicyclic) bond motifs is 1. The van der Waals surface area contributed by atoms with Gasteiger partial charge in [-0.2, -0.15) is 5.10 Å². The number of nitrogens with one attached hydrogen (secondary N) is 1. The number of carbonyl (C=O) groups is 2. The summed E-state index contributed by atoms with van der Waals surface area (Å²) in [5.41, 5.74) is -0.392. The van der Waals surface area contributed by atoms with Crippen molar-refractivity contribution in [2.75, 3.05) is 11.4 Å². The van der Waals surface area contributed by atoms with E-state index in [1.54, 1.807) is 46.9 Å². The Morgan fingerprint density at radius 3 is 2.70 bits per heavy atom. The standard InChI is InChI=1S/C26H29FN6O4/c1-25(2,3)37-24(36)31-26(4,5)10-8-19-17(13-16(27)14-28-19)20-7-6-11-32(20)21-9-12-33-22(30-21)18(15-29-33)23(34)35/h9,12-15,20H,6-7,11H2,1-5H3,(H,31,36)(H,34,35). The molecule has 1 aliphatic heterocycles. The van der Waals surface area contributed by atoms with Crippen LogP contribution in [0.2, 0.25) is 0 Å². The van der Waals surface area contributed by atoms with Crippen LogP contribution in [0.1, 0.15) is 75.1 Å². The van der Waals surface area contributed by atoms with Gasteiger partial charge in [-0.3, -0.25) is 0 Å². The second-order valence-electron chi connectivity index (χ2n) is 10.4. The Balaban J connectivity index is 1.65. The summed E-state index contributed by atoms with van der Waals surface area (Å²) in [4.78, 5) is 34.6. The molecule has 10 nitrogen and oxygen atoms in total. The van der Waals surface area contributed by atoms with Crippen LogP contribution in [0, 0.1) is 17.7 Å². The topological polar surface area (TPSA) is 122 Å². The molecule has 1 fully saturated rings. The molecule has 1 saturated heterocycles. The highest BCUT2D eigenvalue weighted by Crippen LogP contribution is 2.36. The number of hydrogen-bond donors (Lipinski definition) is 2. The molecule has 2 N–H and O–H groups in total. The largest absolute Gasteiger partial charge is 0.477 e. The quantitative estimate of drug-likeness (QED) is 0.508. The van der Waals surface area contributed by atoms with Gasteiger partial charge >= 0.3 is 12.1 Å². The van der Waals surface area contributed by atoms with Crippen LogP contribution in [0.5, 0.6) is 0 Å². The van der Waals surface area contributed by atoms with Crippen LogP contribution in [-0.4, -0.2) is 54.4 Å². The summed E-state index contributed by atoms with van der Waals surface area (Å²) < 4.78 is 21.1. The van der Waals surface area contributed by atoms with Gasteiger partial charge in [0.05, 0.1) is 24.0 Å². The lowest BCUT2D eigenvalue weighted by atomic mass is 10.0. The number of aromatic nitrogens is 4. The highest BCUT2D eigenvalue weighted by atomic mass is 19.1. The van der Waals surface area contributed by atoms with Crippen molar-refractivity contribution in [2.45, 2.75) is 64.6 Å². The van der Waals surface area contributed by atoms with Crippen molar-refractivity contribution in [1.82, 2.24) is 24.9 Å². The van der Waals surface area contributed by atoms with Crippen molar-refractivity contribution in [3.63, 3.8) is 0 Å². The first-order chi connectivity index (χ1) is 17.3. The maximum Gasteiger partial charge on any atom is 0.408 e. The molecule has 1 atom stereocenters. The van der Waals surface area contributed by atoms with Crippen LogP contribution in [0.15, 0.2) is 30.7 Å². The van der Waals surface area contributed by atoms with Gasteiger partial charge in [0.1, 0.15) is 28.5 Å². The van der Waals surface area contributed by atoms with Gasteiger partial charge in [0, 0.05) is 18.3 Å². The van der Waals surface area contributed by atoms with Gasteiger partial charge in [-0.05, 0) is 65.5 Å². The van der Waals surface area contributed by atoms with E-state index < -0.39 is 29.0 Å². The summed E-state index contributed by atoms with van der Waals surface area (Å²) in [6.07, 6.45) is 4.94. The molecule has 0 saturated carbocycles. The molecule has 0 aromatic carbocycles. The molecule has 37 heavy (non-hydrogen) atoms. The number of carboxylic acid groups (broad SMARTS) is 1. The molecule has 0 aliphatic carbocycles. The maximum atomic E-state index is 14.3. The Morgan fingerprint density at radius 1 is 1.24 bits per heavy atom. The van der Waals surface area contributed by atoms with Gasteiger partial charge < -0.3 is 20.1 Å². The second kappa shape index (κ2) is 9.69. The number of amides is 1.